The third-order valence-corrected chi connectivity index (χ3v) is 4.66. The molecule has 1 aliphatic heterocycles. The molecule has 1 aliphatic carbocycles. The maximum Gasteiger partial charge on any atom is 0.228 e. The highest BCUT2D eigenvalue weighted by Crippen LogP contribution is 2.44. The Kier molecular flexibility index (Phi) is 3.19. The van der Waals surface area contributed by atoms with Gasteiger partial charge < -0.3 is 5.32 Å². The molecule has 0 unspecified atom stereocenters. The van der Waals surface area contributed by atoms with E-state index < -0.39 is 0 Å². The van der Waals surface area contributed by atoms with Crippen LogP contribution in [0.25, 0.3) is 17.2 Å². The van der Waals surface area contributed by atoms with E-state index in [-0.39, 0.29) is 5.91 Å². The third kappa shape index (κ3) is 2.31. The van der Waals surface area contributed by atoms with Crippen molar-refractivity contribution in [3.05, 3.63) is 70.3 Å². The highest BCUT2D eigenvalue weighted by molar-refractivity contribution is 6.12. The molecule has 0 aromatic heterocycles. The fourth-order valence-corrected chi connectivity index (χ4v) is 3.62. The maximum absolute atomic E-state index is 12.3. The summed E-state index contributed by atoms with van der Waals surface area (Å²) in [6, 6.07) is 12.8. The van der Waals surface area contributed by atoms with Gasteiger partial charge >= 0.3 is 0 Å². The highest BCUT2D eigenvalue weighted by Gasteiger charge is 2.28. The zero-order valence-electron chi connectivity index (χ0n) is 13.4. The molecule has 0 bridgehead atoms. The van der Waals surface area contributed by atoms with E-state index in [0.29, 0.717) is 6.42 Å². The van der Waals surface area contributed by atoms with Crippen LogP contribution in [0, 0.1) is 6.92 Å². The van der Waals surface area contributed by atoms with Gasteiger partial charge in [-0.1, -0.05) is 42.0 Å². The number of carbonyl (C=O) groups excluding carboxylic acids is 1. The van der Waals surface area contributed by atoms with Crippen LogP contribution in [0.15, 0.2) is 42.5 Å². The van der Waals surface area contributed by atoms with Gasteiger partial charge in [0.25, 0.3) is 0 Å². The van der Waals surface area contributed by atoms with Gasteiger partial charge in [0.1, 0.15) is 0 Å². The predicted molar refractivity (Wildman–Crippen MR) is 96.1 cm³/mol. The molecule has 0 atom stereocenters. The van der Waals surface area contributed by atoms with Crippen molar-refractivity contribution in [2.45, 2.75) is 26.7 Å². The first-order chi connectivity index (χ1) is 11.2. The van der Waals surface area contributed by atoms with Gasteiger partial charge in [-0.15, -0.1) is 0 Å². The summed E-state index contributed by atoms with van der Waals surface area (Å²) in [4.78, 5) is 12.3. The lowest BCUT2D eigenvalue weighted by atomic mass is 9.96. The Morgan fingerprint density at radius 3 is 2.65 bits per heavy atom. The largest absolute Gasteiger partial charge is 0.325 e. The summed E-state index contributed by atoms with van der Waals surface area (Å²) in [6.45, 7) is 4.13. The summed E-state index contributed by atoms with van der Waals surface area (Å²) >= 11 is 0. The van der Waals surface area contributed by atoms with Crippen molar-refractivity contribution in [2.75, 3.05) is 5.32 Å². The minimum absolute atomic E-state index is 0.0735. The van der Waals surface area contributed by atoms with Gasteiger partial charge in [-0.05, 0) is 60.2 Å². The Labute approximate surface area is 136 Å². The van der Waals surface area contributed by atoms with E-state index in [1.165, 1.54) is 33.4 Å². The van der Waals surface area contributed by atoms with Crippen LogP contribution < -0.4 is 5.32 Å². The fourth-order valence-electron chi connectivity index (χ4n) is 3.62. The number of hydrogen-bond donors (Lipinski definition) is 1. The zero-order chi connectivity index (χ0) is 16.0. The standard InChI is InChI=1S/C21H19NO/c1-3-4-14-6-8-20-19(10-14)17-11-15-7-5-13(2)9-16(15)18(17)12-21(23)22-20/h3-10H,11-12H2,1-2H3,(H,22,23)/b4-3-. The summed E-state index contributed by atoms with van der Waals surface area (Å²) in [5.74, 6) is 0.0735. The minimum Gasteiger partial charge on any atom is -0.325 e. The van der Waals surface area contributed by atoms with Crippen LogP contribution in [-0.4, -0.2) is 5.91 Å². The quantitative estimate of drug-likeness (QED) is 0.802. The summed E-state index contributed by atoms with van der Waals surface area (Å²) in [5.41, 5.74) is 9.57. The van der Waals surface area contributed by atoms with Crippen molar-refractivity contribution in [1.29, 1.82) is 0 Å². The normalized spacial score (nSPS) is 16.0. The highest BCUT2D eigenvalue weighted by atomic mass is 16.1. The molecule has 114 valence electrons. The molecule has 0 fully saturated rings. The van der Waals surface area contributed by atoms with E-state index in [1.54, 1.807) is 0 Å². The van der Waals surface area contributed by atoms with Gasteiger partial charge in [-0.2, -0.15) is 0 Å². The number of amides is 1. The molecule has 1 N–H and O–H groups in total. The van der Waals surface area contributed by atoms with Crippen molar-refractivity contribution < 1.29 is 4.79 Å². The Balaban J connectivity index is 1.93. The van der Waals surface area contributed by atoms with Crippen molar-refractivity contribution in [1.82, 2.24) is 0 Å². The summed E-state index contributed by atoms with van der Waals surface area (Å²) in [5, 5.41) is 3.06. The molecule has 1 heterocycles. The first-order valence-electron chi connectivity index (χ1n) is 8.04. The van der Waals surface area contributed by atoms with E-state index >= 15 is 0 Å². The first-order valence-corrected chi connectivity index (χ1v) is 8.04. The van der Waals surface area contributed by atoms with Gasteiger partial charge in [-0.25, -0.2) is 0 Å². The Bertz CT molecular complexity index is 887. The molecule has 2 aromatic rings. The molecule has 23 heavy (non-hydrogen) atoms. The van der Waals surface area contributed by atoms with Gasteiger partial charge in [0.2, 0.25) is 5.91 Å². The molecule has 0 saturated carbocycles. The van der Waals surface area contributed by atoms with Gasteiger partial charge in [0, 0.05) is 11.3 Å². The maximum atomic E-state index is 12.3. The lowest BCUT2D eigenvalue weighted by molar-refractivity contribution is -0.115. The summed E-state index contributed by atoms with van der Waals surface area (Å²) < 4.78 is 0. The molecular formula is C21H19NO. The fraction of sp³-hybridized carbons (Fsp3) is 0.190. The van der Waals surface area contributed by atoms with Crippen LogP contribution in [0.1, 0.15) is 41.2 Å². The number of fused-ring (bicyclic) bond motifs is 4. The predicted octanol–water partition coefficient (Wildman–Crippen LogP) is 4.84. The van der Waals surface area contributed by atoms with Crippen molar-refractivity contribution in [3.63, 3.8) is 0 Å². The topological polar surface area (TPSA) is 29.1 Å². The number of rotatable bonds is 1. The molecule has 0 saturated heterocycles. The molecular weight excluding hydrogens is 282 g/mol. The lowest BCUT2D eigenvalue weighted by Gasteiger charge is -2.11. The molecule has 2 aliphatic rings. The summed E-state index contributed by atoms with van der Waals surface area (Å²) in [7, 11) is 0. The number of hydrogen-bond acceptors (Lipinski definition) is 1. The molecule has 2 nitrogen and oxygen atoms in total. The van der Waals surface area contributed by atoms with Crippen LogP contribution in [0.4, 0.5) is 5.69 Å². The Hall–Kier alpha value is -2.61. The minimum atomic E-state index is 0.0735. The van der Waals surface area contributed by atoms with Crippen LogP contribution in [0.5, 0.6) is 0 Å². The average molecular weight is 301 g/mol. The first kappa shape index (κ1) is 14.0. The lowest BCUT2D eigenvalue weighted by Crippen LogP contribution is -2.11. The number of benzene rings is 2. The second-order valence-corrected chi connectivity index (χ2v) is 6.32. The van der Waals surface area contributed by atoms with E-state index in [2.05, 4.69) is 48.6 Å². The number of carbonyl (C=O) groups is 1. The second kappa shape index (κ2) is 5.24. The smallest absolute Gasteiger partial charge is 0.228 e. The van der Waals surface area contributed by atoms with Crippen LogP contribution >= 0.6 is 0 Å². The average Bonchev–Trinajstić information content (AvgIpc) is 2.80. The molecule has 0 spiro atoms. The Morgan fingerprint density at radius 1 is 1.00 bits per heavy atom. The monoisotopic (exact) mass is 301 g/mol. The second-order valence-electron chi connectivity index (χ2n) is 6.32. The van der Waals surface area contributed by atoms with E-state index in [9.17, 15) is 4.79 Å². The van der Waals surface area contributed by atoms with Gasteiger partial charge in [0.15, 0.2) is 0 Å². The van der Waals surface area contributed by atoms with Crippen molar-refractivity contribution >= 4 is 28.8 Å². The van der Waals surface area contributed by atoms with E-state index in [0.717, 1.165) is 17.7 Å². The van der Waals surface area contributed by atoms with E-state index in [4.69, 9.17) is 0 Å². The number of anilines is 1. The zero-order valence-corrected chi connectivity index (χ0v) is 13.4. The van der Waals surface area contributed by atoms with Gasteiger partial charge in [0.05, 0.1) is 6.42 Å². The number of aryl methyl sites for hydroxylation is 1. The molecule has 1 amide bonds. The summed E-state index contributed by atoms with van der Waals surface area (Å²) in [6.07, 6.45) is 5.50. The third-order valence-electron chi connectivity index (χ3n) is 4.66. The van der Waals surface area contributed by atoms with Crippen molar-refractivity contribution in [3.8, 4) is 0 Å². The molecule has 4 rings (SSSR count). The van der Waals surface area contributed by atoms with Crippen LogP contribution in [0.3, 0.4) is 0 Å². The SMILES string of the molecule is C/C=C\c1ccc2c(c1)C1=C(CC(=O)N2)c2cc(C)ccc2C1. The van der Waals surface area contributed by atoms with Crippen LogP contribution in [-0.2, 0) is 11.2 Å². The number of allylic oxidation sites excluding steroid dienone is 2. The molecule has 2 heteroatoms. The number of nitrogens with one attached hydrogen (secondary N) is 1. The van der Waals surface area contributed by atoms with Crippen molar-refractivity contribution in [2.24, 2.45) is 0 Å². The van der Waals surface area contributed by atoms with Gasteiger partial charge in [-0.3, -0.25) is 4.79 Å². The Morgan fingerprint density at radius 2 is 1.83 bits per heavy atom. The van der Waals surface area contributed by atoms with Crippen LogP contribution in [0.2, 0.25) is 0 Å². The van der Waals surface area contributed by atoms with E-state index in [1.807, 2.05) is 19.1 Å². The molecule has 2 aromatic carbocycles. The molecule has 0 radical (unpaired) electrons.